The molecule has 0 amide bonds. The van der Waals surface area contributed by atoms with E-state index in [2.05, 4.69) is 46.4 Å². The highest BCUT2D eigenvalue weighted by molar-refractivity contribution is 6.63. The van der Waals surface area contributed by atoms with E-state index < -0.39 is 18.3 Å². The minimum absolute atomic E-state index is 0.493. The fourth-order valence-electron chi connectivity index (χ4n) is 5.19. The Hall–Kier alpha value is -4.46. The van der Waals surface area contributed by atoms with Gasteiger partial charge in [0.25, 0.3) is 0 Å². The molecule has 4 heterocycles. The van der Waals surface area contributed by atoms with Crippen molar-refractivity contribution in [1.82, 2.24) is 9.97 Å². The first kappa shape index (κ1) is 25.5. The van der Waals surface area contributed by atoms with Crippen molar-refractivity contribution in [2.75, 3.05) is 0 Å². The summed E-state index contributed by atoms with van der Waals surface area (Å²) in [5.41, 5.74) is 5.78. The van der Waals surface area contributed by atoms with Crippen molar-refractivity contribution in [3.05, 3.63) is 104 Å². The van der Waals surface area contributed by atoms with E-state index in [9.17, 15) is 0 Å². The Morgan fingerprint density at radius 1 is 0.561 bits per heavy atom. The van der Waals surface area contributed by atoms with E-state index in [4.69, 9.17) is 18.8 Å². The van der Waals surface area contributed by atoms with Crippen molar-refractivity contribution in [3.8, 4) is 56.4 Å². The molecule has 1 fully saturated rings. The molecule has 0 spiro atoms. The van der Waals surface area contributed by atoms with Gasteiger partial charge in [0.15, 0.2) is 23.0 Å². The molecule has 2 aromatic heterocycles. The van der Waals surface area contributed by atoms with E-state index in [0.717, 1.165) is 38.8 Å². The first-order valence-corrected chi connectivity index (χ1v) is 13.7. The number of hydrogen-bond acceptors (Lipinski definition) is 6. The Morgan fingerprint density at radius 3 is 1.63 bits per heavy atom. The quantitative estimate of drug-likeness (QED) is 0.214. The van der Waals surface area contributed by atoms with Crippen LogP contribution in [0.2, 0.25) is 0 Å². The van der Waals surface area contributed by atoms with Gasteiger partial charge in [0.2, 0.25) is 0 Å². The first-order chi connectivity index (χ1) is 19.8. The lowest BCUT2D eigenvalue weighted by molar-refractivity contribution is 0.00578. The fourth-order valence-corrected chi connectivity index (χ4v) is 5.19. The van der Waals surface area contributed by atoms with Crippen LogP contribution in [-0.4, -0.2) is 28.3 Å². The summed E-state index contributed by atoms with van der Waals surface area (Å²) in [4.78, 5) is 8.71. The lowest BCUT2D eigenvalue weighted by atomic mass is 9.77. The Kier molecular flexibility index (Phi) is 5.96. The van der Waals surface area contributed by atoms with Crippen LogP contribution in [0, 0.1) is 0 Å². The van der Waals surface area contributed by atoms with E-state index in [-0.39, 0.29) is 0 Å². The summed E-state index contributed by atoms with van der Waals surface area (Å²) in [5, 5.41) is 0. The summed E-state index contributed by atoms with van der Waals surface area (Å²) >= 11 is 0. The number of para-hydroxylation sites is 2. The van der Waals surface area contributed by atoms with Crippen LogP contribution in [0.25, 0.3) is 33.4 Å². The van der Waals surface area contributed by atoms with Crippen LogP contribution in [0.3, 0.4) is 0 Å². The third-order valence-electron chi connectivity index (χ3n) is 8.16. The highest BCUT2D eigenvalue weighted by Crippen LogP contribution is 2.50. The second-order valence-corrected chi connectivity index (χ2v) is 11.4. The molecule has 0 bridgehead atoms. The average Bonchev–Trinajstić information content (AvgIpc) is 3.22. The number of hydrogen-bond donors (Lipinski definition) is 0. The van der Waals surface area contributed by atoms with E-state index >= 15 is 0 Å². The molecule has 6 nitrogen and oxygen atoms in total. The molecule has 7 heteroatoms. The van der Waals surface area contributed by atoms with Gasteiger partial charge in [-0.15, -0.1) is 0 Å². The predicted octanol–water partition coefficient (Wildman–Crippen LogP) is 7.67. The third kappa shape index (κ3) is 4.47. The van der Waals surface area contributed by atoms with Gasteiger partial charge in [0, 0.05) is 46.9 Å². The molecule has 7 rings (SSSR count). The summed E-state index contributed by atoms with van der Waals surface area (Å²) in [6, 6.07) is 26.3. The van der Waals surface area contributed by atoms with Crippen LogP contribution in [0.1, 0.15) is 27.7 Å². The zero-order valence-corrected chi connectivity index (χ0v) is 23.4. The second kappa shape index (κ2) is 9.58. The van der Waals surface area contributed by atoms with Gasteiger partial charge in [-0.25, -0.2) is 0 Å². The lowest BCUT2D eigenvalue weighted by Crippen LogP contribution is -2.41. The molecule has 2 aliphatic heterocycles. The number of benzene rings is 3. The topological polar surface area (TPSA) is 62.7 Å². The Morgan fingerprint density at radius 2 is 1.10 bits per heavy atom. The van der Waals surface area contributed by atoms with Crippen LogP contribution < -0.4 is 14.9 Å². The van der Waals surface area contributed by atoms with Gasteiger partial charge in [0.05, 0.1) is 11.2 Å². The number of fused-ring (bicyclic) bond motifs is 2. The highest BCUT2D eigenvalue weighted by Gasteiger charge is 2.53. The second-order valence-electron chi connectivity index (χ2n) is 11.4. The maximum absolute atomic E-state index is 6.60. The maximum Gasteiger partial charge on any atom is 0.498 e. The largest absolute Gasteiger partial charge is 0.498 e. The Bertz CT molecular complexity index is 1680. The van der Waals surface area contributed by atoms with Crippen LogP contribution in [-0.2, 0) is 9.31 Å². The molecule has 0 atom stereocenters. The van der Waals surface area contributed by atoms with Crippen LogP contribution in [0.5, 0.6) is 23.0 Å². The molecule has 2 aliphatic rings. The molecule has 1 saturated heterocycles. The number of ether oxygens (including phenoxy) is 2. The smallest absolute Gasteiger partial charge is 0.450 e. The molecule has 0 unspecified atom stereocenters. The zero-order chi connectivity index (χ0) is 28.2. The normalized spacial score (nSPS) is 16.3. The minimum Gasteiger partial charge on any atom is -0.450 e. The highest BCUT2D eigenvalue weighted by atomic mass is 16.7. The molecule has 0 radical (unpaired) electrons. The molecule has 41 heavy (non-hydrogen) atoms. The average molecular weight is 540 g/mol. The number of rotatable bonds is 4. The fraction of sp³-hybridized carbons (Fsp3) is 0.176. The molecule has 5 aromatic rings. The van der Waals surface area contributed by atoms with Crippen molar-refractivity contribution >= 4 is 12.6 Å². The monoisotopic (exact) mass is 540 g/mol. The Labute approximate surface area is 240 Å². The summed E-state index contributed by atoms with van der Waals surface area (Å²) in [6.07, 6.45) is 7.31. The van der Waals surface area contributed by atoms with Gasteiger partial charge >= 0.3 is 7.12 Å². The summed E-state index contributed by atoms with van der Waals surface area (Å²) in [7, 11) is -0.607. The maximum atomic E-state index is 6.60. The van der Waals surface area contributed by atoms with Crippen LogP contribution in [0.15, 0.2) is 104 Å². The van der Waals surface area contributed by atoms with E-state index in [1.807, 2.05) is 82.6 Å². The molecule has 202 valence electrons. The zero-order valence-electron chi connectivity index (χ0n) is 23.4. The molecule has 3 aromatic carbocycles. The SMILES string of the molecule is CC1(C)OB(c2ccc(-c3cc(-c4cccnc4)cc(-c4cccnc4)c3)c3c2Oc2ccccc2O3)OC1(C)C. The summed E-state index contributed by atoms with van der Waals surface area (Å²) in [6.45, 7) is 8.18. The van der Waals surface area contributed by atoms with E-state index in [1.165, 1.54) is 0 Å². The molecule has 0 saturated carbocycles. The van der Waals surface area contributed by atoms with E-state index in [1.54, 1.807) is 12.4 Å². The lowest BCUT2D eigenvalue weighted by Gasteiger charge is -2.32. The molecule has 0 N–H and O–H groups in total. The van der Waals surface area contributed by atoms with E-state index in [0.29, 0.717) is 23.0 Å². The van der Waals surface area contributed by atoms with Crippen LogP contribution in [0.4, 0.5) is 0 Å². The van der Waals surface area contributed by atoms with Gasteiger partial charge in [-0.2, -0.15) is 0 Å². The standard InChI is InChI=1S/C34H29BN2O4/c1-33(2)34(3,4)41-35(40-33)28-14-13-27(31-32(28)39-30-12-6-5-11-29(30)38-31)26-18-24(22-9-7-15-36-20-22)17-25(19-26)23-10-8-16-37-21-23/h5-21H,1-4H3. The minimum atomic E-state index is -0.607. The van der Waals surface area contributed by atoms with Gasteiger partial charge < -0.3 is 18.8 Å². The van der Waals surface area contributed by atoms with Crippen molar-refractivity contribution < 1.29 is 18.8 Å². The van der Waals surface area contributed by atoms with Crippen LogP contribution >= 0.6 is 0 Å². The third-order valence-corrected chi connectivity index (χ3v) is 8.16. The molecular weight excluding hydrogens is 511 g/mol. The van der Waals surface area contributed by atoms with Gasteiger partial charge in [-0.3, -0.25) is 9.97 Å². The van der Waals surface area contributed by atoms with Gasteiger partial charge in [-0.1, -0.05) is 36.4 Å². The van der Waals surface area contributed by atoms with Crippen molar-refractivity contribution in [3.63, 3.8) is 0 Å². The molecule has 0 aliphatic carbocycles. The Balaban J connectivity index is 1.42. The number of nitrogens with zero attached hydrogens (tertiary/aromatic N) is 2. The summed E-state index contributed by atoms with van der Waals surface area (Å²) < 4.78 is 26.0. The van der Waals surface area contributed by atoms with Gasteiger partial charge in [0.1, 0.15) is 0 Å². The number of pyridine rings is 2. The predicted molar refractivity (Wildman–Crippen MR) is 161 cm³/mol. The van der Waals surface area contributed by atoms with Crippen molar-refractivity contribution in [1.29, 1.82) is 0 Å². The van der Waals surface area contributed by atoms with Crippen molar-refractivity contribution in [2.24, 2.45) is 0 Å². The van der Waals surface area contributed by atoms with Crippen molar-refractivity contribution in [2.45, 2.75) is 38.9 Å². The van der Waals surface area contributed by atoms with Gasteiger partial charge in [-0.05, 0) is 86.8 Å². The molecular formula is C34H29BN2O4. The number of aromatic nitrogens is 2. The summed E-state index contributed by atoms with van der Waals surface area (Å²) in [5.74, 6) is 2.52. The first-order valence-electron chi connectivity index (χ1n) is 13.7.